The molecule has 0 atom stereocenters. The molecule has 0 saturated heterocycles. The Bertz CT molecular complexity index is 529. The van der Waals surface area contributed by atoms with Crippen LogP contribution in [0.2, 0.25) is 0 Å². The van der Waals surface area contributed by atoms with Crippen molar-refractivity contribution in [1.82, 2.24) is 9.78 Å². The summed E-state index contributed by atoms with van der Waals surface area (Å²) in [6, 6.07) is 0.0655. The average Bonchev–Trinajstić information content (AvgIpc) is 2.53. The Hall–Kier alpha value is -1.17. The van der Waals surface area contributed by atoms with Crippen LogP contribution in [0.1, 0.15) is 41.6 Å². The van der Waals surface area contributed by atoms with Crippen molar-refractivity contribution in [1.29, 1.82) is 0 Å². The molecule has 0 radical (unpaired) electrons. The minimum atomic E-state index is -3.02. The lowest BCUT2D eigenvalue weighted by Gasteiger charge is -2.16. The Morgan fingerprint density at radius 1 is 1.44 bits per heavy atom. The van der Waals surface area contributed by atoms with E-state index < -0.39 is 9.84 Å². The number of carbonyl (C=O) groups excluding carboxylic acids is 1. The van der Waals surface area contributed by atoms with Crippen LogP contribution in [0, 0.1) is 0 Å². The minimum absolute atomic E-state index is 0.00134. The molecule has 1 aliphatic heterocycles. The smallest absolute Gasteiger partial charge is 0.170 e. The van der Waals surface area contributed by atoms with Crippen LogP contribution in [0.4, 0.5) is 0 Å². The summed E-state index contributed by atoms with van der Waals surface area (Å²) in [5.74, 6) is 0.117. The summed E-state index contributed by atoms with van der Waals surface area (Å²) in [6.07, 6.45) is 1.11. The third kappa shape index (κ3) is 1.77. The normalized spacial score (nSPS) is 18.4. The quantitative estimate of drug-likeness (QED) is 0.717. The molecular formula is C10H14N2O3S. The zero-order valence-corrected chi connectivity index (χ0v) is 10.1. The van der Waals surface area contributed by atoms with Gasteiger partial charge in [0.15, 0.2) is 16.1 Å². The number of sulfone groups is 1. The molecule has 0 amide bonds. The lowest BCUT2D eigenvalue weighted by Crippen LogP contribution is -2.21. The second-order valence-electron chi connectivity index (χ2n) is 4.31. The molecule has 0 spiro atoms. The molecular weight excluding hydrogens is 228 g/mol. The third-order valence-corrected chi connectivity index (χ3v) is 4.31. The summed E-state index contributed by atoms with van der Waals surface area (Å²) in [4.78, 5) is 10.9. The van der Waals surface area contributed by atoms with E-state index in [0.29, 0.717) is 24.1 Å². The van der Waals surface area contributed by atoms with E-state index in [0.717, 1.165) is 5.56 Å². The molecule has 88 valence electrons. The molecule has 1 aromatic heterocycles. The van der Waals surface area contributed by atoms with Crippen LogP contribution in [0.5, 0.6) is 0 Å². The molecule has 0 fully saturated rings. The van der Waals surface area contributed by atoms with Crippen molar-refractivity contribution >= 4 is 16.1 Å². The van der Waals surface area contributed by atoms with Crippen molar-refractivity contribution in [2.24, 2.45) is 0 Å². The highest BCUT2D eigenvalue weighted by Gasteiger charge is 2.28. The molecule has 5 nitrogen and oxygen atoms in total. The van der Waals surface area contributed by atoms with Crippen LogP contribution in [0.15, 0.2) is 0 Å². The maximum absolute atomic E-state index is 11.6. The van der Waals surface area contributed by atoms with Crippen LogP contribution < -0.4 is 0 Å². The van der Waals surface area contributed by atoms with Gasteiger partial charge in [-0.2, -0.15) is 5.10 Å². The number of hydrogen-bond donors (Lipinski definition) is 0. The SMILES string of the molecule is CC(C)n1nc(C=O)c2c1CS(=O)(=O)CC2. The average molecular weight is 242 g/mol. The standard InChI is InChI=1S/C10H14N2O3S/c1-7(2)12-10-6-16(14,15)4-3-8(10)9(5-13)11-12/h5,7H,3-4,6H2,1-2H3. The highest BCUT2D eigenvalue weighted by Crippen LogP contribution is 2.25. The summed E-state index contributed by atoms with van der Waals surface area (Å²) in [5, 5.41) is 4.16. The van der Waals surface area contributed by atoms with E-state index in [2.05, 4.69) is 5.10 Å². The van der Waals surface area contributed by atoms with Crippen LogP contribution in [-0.4, -0.2) is 30.2 Å². The number of nitrogens with zero attached hydrogens (tertiary/aromatic N) is 2. The van der Waals surface area contributed by atoms with Crippen molar-refractivity contribution in [3.8, 4) is 0 Å². The van der Waals surface area contributed by atoms with Crippen LogP contribution >= 0.6 is 0 Å². The molecule has 2 rings (SSSR count). The molecule has 2 heterocycles. The molecule has 16 heavy (non-hydrogen) atoms. The molecule has 0 aromatic carbocycles. The second kappa shape index (κ2) is 3.69. The molecule has 0 aliphatic carbocycles. The predicted octanol–water partition coefficient (Wildman–Crippen LogP) is 0.747. The number of carbonyl (C=O) groups is 1. The van der Waals surface area contributed by atoms with Crippen molar-refractivity contribution in [2.75, 3.05) is 5.75 Å². The van der Waals surface area contributed by atoms with Crippen LogP contribution in [0.3, 0.4) is 0 Å². The van der Waals surface area contributed by atoms with Gasteiger partial charge in [-0.3, -0.25) is 9.48 Å². The van der Waals surface area contributed by atoms with Crippen molar-refractivity contribution in [3.63, 3.8) is 0 Å². The van der Waals surface area contributed by atoms with E-state index in [9.17, 15) is 13.2 Å². The van der Waals surface area contributed by atoms with Crippen LogP contribution in [-0.2, 0) is 22.0 Å². The maximum Gasteiger partial charge on any atom is 0.170 e. The zero-order valence-electron chi connectivity index (χ0n) is 9.30. The van der Waals surface area contributed by atoms with Gasteiger partial charge < -0.3 is 0 Å². The van der Waals surface area contributed by atoms with Crippen LogP contribution in [0.25, 0.3) is 0 Å². The summed E-state index contributed by atoms with van der Waals surface area (Å²) in [7, 11) is -3.02. The van der Waals surface area contributed by atoms with Gasteiger partial charge in [0.05, 0.1) is 17.2 Å². The molecule has 0 unspecified atom stereocenters. The molecule has 6 heteroatoms. The number of aromatic nitrogens is 2. The number of aldehydes is 1. The Kier molecular flexibility index (Phi) is 2.61. The lowest BCUT2D eigenvalue weighted by molar-refractivity contribution is 0.111. The number of fused-ring (bicyclic) bond motifs is 1. The van der Waals surface area contributed by atoms with Gasteiger partial charge in [-0.1, -0.05) is 0 Å². The number of hydrogen-bond acceptors (Lipinski definition) is 4. The van der Waals surface area contributed by atoms with E-state index in [1.54, 1.807) is 4.68 Å². The Morgan fingerprint density at radius 3 is 2.69 bits per heavy atom. The van der Waals surface area contributed by atoms with E-state index in [1.165, 1.54) is 0 Å². The second-order valence-corrected chi connectivity index (χ2v) is 6.49. The monoisotopic (exact) mass is 242 g/mol. The van der Waals surface area contributed by atoms with Gasteiger partial charge in [-0.05, 0) is 20.3 Å². The summed E-state index contributed by atoms with van der Waals surface area (Å²) in [5.41, 5.74) is 1.88. The first-order valence-electron chi connectivity index (χ1n) is 5.20. The number of rotatable bonds is 2. The Morgan fingerprint density at radius 2 is 2.12 bits per heavy atom. The predicted molar refractivity (Wildman–Crippen MR) is 59.2 cm³/mol. The molecule has 0 N–H and O–H groups in total. The Labute approximate surface area is 94.4 Å². The van der Waals surface area contributed by atoms with Gasteiger partial charge in [0.1, 0.15) is 5.69 Å². The van der Waals surface area contributed by atoms with Gasteiger partial charge in [0, 0.05) is 11.6 Å². The van der Waals surface area contributed by atoms with Crippen molar-refractivity contribution in [2.45, 2.75) is 32.1 Å². The van der Waals surface area contributed by atoms with Crippen molar-refractivity contribution < 1.29 is 13.2 Å². The lowest BCUT2D eigenvalue weighted by atomic mass is 10.1. The summed E-state index contributed by atoms with van der Waals surface area (Å²) in [6.45, 7) is 3.84. The Balaban J connectivity index is 2.60. The first kappa shape index (κ1) is 11.3. The highest BCUT2D eigenvalue weighted by molar-refractivity contribution is 7.90. The zero-order chi connectivity index (χ0) is 11.9. The maximum atomic E-state index is 11.6. The van der Waals surface area contributed by atoms with E-state index in [1.807, 2.05) is 13.8 Å². The van der Waals surface area contributed by atoms with E-state index in [4.69, 9.17) is 0 Å². The first-order valence-corrected chi connectivity index (χ1v) is 7.02. The van der Waals surface area contributed by atoms with Crippen molar-refractivity contribution in [3.05, 3.63) is 17.0 Å². The fourth-order valence-electron chi connectivity index (χ4n) is 2.01. The van der Waals surface area contributed by atoms with E-state index >= 15 is 0 Å². The molecule has 0 saturated carbocycles. The van der Waals surface area contributed by atoms with Gasteiger partial charge in [0.25, 0.3) is 0 Å². The topological polar surface area (TPSA) is 69.0 Å². The van der Waals surface area contributed by atoms with Gasteiger partial charge >= 0.3 is 0 Å². The summed E-state index contributed by atoms with van der Waals surface area (Å²) < 4.78 is 24.8. The first-order chi connectivity index (χ1) is 7.44. The van der Waals surface area contributed by atoms with Gasteiger partial charge in [-0.25, -0.2) is 8.42 Å². The minimum Gasteiger partial charge on any atom is -0.296 e. The van der Waals surface area contributed by atoms with E-state index in [-0.39, 0.29) is 17.5 Å². The summed E-state index contributed by atoms with van der Waals surface area (Å²) >= 11 is 0. The highest BCUT2D eigenvalue weighted by atomic mass is 32.2. The third-order valence-electron chi connectivity index (χ3n) is 2.77. The molecule has 1 aliphatic rings. The fourth-order valence-corrected chi connectivity index (χ4v) is 3.39. The fraction of sp³-hybridized carbons (Fsp3) is 0.600. The largest absolute Gasteiger partial charge is 0.296 e. The van der Waals surface area contributed by atoms with Gasteiger partial charge in [0.2, 0.25) is 0 Å². The molecule has 0 bridgehead atoms. The molecule has 1 aromatic rings. The van der Waals surface area contributed by atoms with Gasteiger partial charge in [-0.15, -0.1) is 0 Å².